The first-order valence-electron chi connectivity index (χ1n) is 6.05. The Morgan fingerprint density at radius 2 is 1.75 bits per heavy atom. The van der Waals surface area contributed by atoms with Crippen LogP contribution in [0, 0.1) is 5.92 Å². The zero-order chi connectivity index (χ0) is 13.0. The molecule has 0 aromatic heterocycles. The maximum Gasteiger partial charge on any atom is 0.223 e. The van der Waals surface area contributed by atoms with E-state index in [-0.39, 0.29) is 17.9 Å². The van der Waals surface area contributed by atoms with Crippen LogP contribution in [0.3, 0.4) is 0 Å². The monoisotopic (exact) mass is 229 g/mol. The molecule has 0 saturated carbocycles. The highest BCUT2D eigenvalue weighted by molar-refractivity contribution is 5.77. The van der Waals surface area contributed by atoms with Crippen LogP contribution < -0.4 is 5.32 Å². The molecular weight excluding hydrogens is 202 g/mol. The summed E-state index contributed by atoms with van der Waals surface area (Å²) in [5.41, 5.74) is -1.12. The van der Waals surface area contributed by atoms with Crippen molar-refractivity contribution in [2.24, 2.45) is 5.92 Å². The van der Waals surface area contributed by atoms with Crippen LogP contribution in [0.25, 0.3) is 0 Å². The van der Waals surface area contributed by atoms with E-state index in [1.165, 1.54) is 0 Å². The molecule has 0 aromatic carbocycles. The van der Waals surface area contributed by atoms with Crippen LogP contribution in [0.1, 0.15) is 60.8 Å². The van der Waals surface area contributed by atoms with Crippen molar-refractivity contribution < 1.29 is 9.90 Å². The quantitative estimate of drug-likeness (QED) is 0.735. The van der Waals surface area contributed by atoms with Gasteiger partial charge in [-0.3, -0.25) is 4.79 Å². The Hall–Kier alpha value is -0.570. The van der Waals surface area contributed by atoms with Gasteiger partial charge in [-0.25, -0.2) is 0 Å². The average Bonchev–Trinajstić information content (AvgIpc) is 1.95. The third kappa shape index (κ3) is 8.72. The number of rotatable bonds is 6. The summed E-state index contributed by atoms with van der Waals surface area (Å²) >= 11 is 0. The molecule has 0 unspecified atom stereocenters. The second-order valence-electron chi connectivity index (χ2n) is 6.35. The van der Waals surface area contributed by atoms with Crippen molar-refractivity contribution in [1.29, 1.82) is 0 Å². The van der Waals surface area contributed by atoms with Gasteiger partial charge in [0.15, 0.2) is 0 Å². The molecule has 0 atom stereocenters. The van der Waals surface area contributed by atoms with Crippen LogP contribution in [0.2, 0.25) is 0 Å². The van der Waals surface area contributed by atoms with Crippen LogP contribution >= 0.6 is 0 Å². The topological polar surface area (TPSA) is 49.3 Å². The van der Waals surface area contributed by atoms with Crippen molar-refractivity contribution in [2.45, 2.75) is 71.9 Å². The molecule has 0 heterocycles. The molecule has 1 amide bonds. The van der Waals surface area contributed by atoms with Gasteiger partial charge in [0.1, 0.15) is 0 Å². The predicted molar refractivity (Wildman–Crippen MR) is 67.2 cm³/mol. The third-order valence-corrected chi connectivity index (χ3v) is 2.42. The summed E-state index contributed by atoms with van der Waals surface area (Å²) in [6, 6.07) is 0. The first kappa shape index (κ1) is 15.4. The van der Waals surface area contributed by atoms with E-state index < -0.39 is 5.60 Å². The summed E-state index contributed by atoms with van der Waals surface area (Å²) in [4.78, 5) is 11.6. The SMILES string of the molecule is CC(C)CCC(C)(C)NC(=O)CC(C)(C)O. The number of amides is 1. The lowest BCUT2D eigenvalue weighted by molar-refractivity contribution is -0.126. The molecule has 0 aliphatic heterocycles. The van der Waals surface area contributed by atoms with E-state index >= 15 is 0 Å². The number of carbonyl (C=O) groups excluding carboxylic acids is 1. The fourth-order valence-electron chi connectivity index (χ4n) is 1.53. The van der Waals surface area contributed by atoms with Crippen molar-refractivity contribution in [3.05, 3.63) is 0 Å². The van der Waals surface area contributed by atoms with E-state index in [9.17, 15) is 9.90 Å². The Bertz CT molecular complexity index is 227. The Morgan fingerprint density at radius 1 is 1.25 bits per heavy atom. The first-order valence-corrected chi connectivity index (χ1v) is 6.05. The zero-order valence-electron chi connectivity index (χ0n) is 11.6. The molecule has 0 radical (unpaired) electrons. The highest BCUT2D eigenvalue weighted by atomic mass is 16.3. The summed E-state index contributed by atoms with van der Waals surface area (Å²) in [5.74, 6) is 0.562. The molecule has 0 fully saturated rings. The first-order chi connectivity index (χ1) is 7.02. The second kappa shape index (κ2) is 5.67. The van der Waals surface area contributed by atoms with E-state index in [4.69, 9.17) is 0 Å². The van der Waals surface area contributed by atoms with Crippen LogP contribution in [0.5, 0.6) is 0 Å². The minimum Gasteiger partial charge on any atom is -0.390 e. The second-order valence-corrected chi connectivity index (χ2v) is 6.35. The van der Waals surface area contributed by atoms with Gasteiger partial charge in [-0.1, -0.05) is 13.8 Å². The Labute approximate surface area is 99.6 Å². The summed E-state index contributed by atoms with van der Waals surface area (Å²) < 4.78 is 0. The van der Waals surface area contributed by atoms with Gasteiger partial charge in [0.25, 0.3) is 0 Å². The number of nitrogens with one attached hydrogen (secondary N) is 1. The molecule has 0 aliphatic carbocycles. The van der Waals surface area contributed by atoms with E-state index in [0.29, 0.717) is 5.92 Å². The van der Waals surface area contributed by atoms with E-state index in [0.717, 1.165) is 12.8 Å². The smallest absolute Gasteiger partial charge is 0.223 e. The average molecular weight is 229 g/mol. The summed E-state index contributed by atoms with van der Waals surface area (Å²) in [5, 5.41) is 12.5. The Balaban J connectivity index is 4.10. The Morgan fingerprint density at radius 3 is 2.12 bits per heavy atom. The fraction of sp³-hybridized carbons (Fsp3) is 0.923. The molecule has 2 N–H and O–H groups in total. The van der Waals surface area contributed by atoms with Gasteiger partial charge in [0.05, 0.1) is 12.0 Å². The molecule has 0 spiro atoms. The van der Waals surface area contributed by atoms with E-state index in [1.54, 1.807) is 13.8 Å². The maximum atomic E-state index is 11.6. The molecule has 0 bridgehead atoms. The molecule has 3 nitrogen and oxygen atoms in total. The lowest BCUT2D eigenvalue weighted by atomic mass is 9.93. The molecule has 16 heavy (non-hydrogen) atoms. The van der Waals surface area contributed by atoms with Gasteiger partial charge in [-0.15, -0.1) is 0 Å². The number of hydrogen-bond acceptors (Lipinski definition) is 2. The molecule has 0 aliphatic rings. The van der Waals surface area contributed by atoms with Gasteiger partial charge >= 0.3 is 0 Å². The maximum absolute atomic E-state index is 11.6. The van der Waals surface area contributed by atoms with Crippen LogP contribution in [-0.4, -0.2) is 22.2 Å². The van der Waals surface area contributed by atoms with Crippen LogP contribution in [0.15, 0.2) is 0 Å². The minimum atomic E-state index is -0.932. The van der Waals surface area contributed by atoms with Gasteiger partial charge < -0.3 is 10.4 Å². The standard InChI is InChI=1S/C13H27NO2/c1-10(2)7-8-12(3,4)14-11(15)9-13(5,6)16/h10,16H,7-9H2,1-6H3,(H,14,15). The van der Waals surface area contributed by atoms with Gasteiger partial charge in [0.2, 0.25) is 5.91 Å². The fourth-order valence-corrected chi connectivity index (χ4v) is 1.53. The molecule has 0 aromatic rings. The lowest BCUT2D eigenvalue weighted by Gasteiger charge is -2.28. The molecule has 0 rings (SSSR count). The third-order valence-electron chi connectivity index (χ3n) is 2.42. The lowest BCUT2D eigenvalue weighted by Crippen LogP contribution is -2.45. The van der Waals surface area contributed by atoms with Gasteiger partial charge in [-0.05, 0) is 46.5 Å². The molecule has 96 valence electrons. The van der Waals surface area contributed by atoms with E-state index in [1.807, 2.05) is 13.8 Å². The summed E-state index contributed by atoms with van der Waals surface area (Å²) in [6.07, 6.45) is 2.20. The summed E-state index contributed by atoms with van der Waals surface area (Å²) in [6.45, 7) is 11.7. The normalized spacial score (nSPS) is 13.0. The van der Waals surface area contributed by atoms with Crippen LogP contribution in [-0.2, 0) is 4.79 Å². The number of carbonyl (C=O) groups is 1. The molecular formula is C13H27NO2. The van der Waals surface area contributed by atoms with Crippen molar-refractivity contribution in [3.63, 3.8) is 0 Å². The van der Waals surface area contributed by atoms with Crippen molar-refractivity contribution >= 4 is 5.91 Å². The molecule has 3 heteroatoms. The minimum absolute atomic E-state index is 0.0822. The largest absolute Gasteiger partial charge is 0.390 e. The van der Waals surface area contributed by atoms with Crippen molar-refractivity contribution in [2.75, 3.05) is 0 Å². The highest BCUT2D eigenvalue weighted by Crippen LogP contribution is 2.17. The summed E-state index contributed by atoms with van der Waals surface area (Å²) in [7, 11) is 0. The van der Waals surface area contributed by atoms with Gasteiger partial charge in [-0.2, -0.15) is 0 Å². The molecule has 0 saturated heterocycles. The zero-order valence-corrected chi connectivity index (χ0v) is 11.6. The predicted octanol–water partition coefficient (Wildman–Crippen LogP) is 2.48. The highest BCUT2D eigenvalue weighted by Gasteiger charge is 2.24. The van der Waals surface area contributed by atoms with E-state index in [2.05, 4.69) is 19.2 Å². The number of hydrogen-bond donors (Lipinski definition) is 2. The van der Waals surface area contributed by atoms with Crippen LogP contribution in [0.4, 0.5) is 0 Å². The number of aliphatic hydroxyl groups is 1. The van der Waals surface area contributed by atoms with Crippen molar-refractivity contribution in [1.82, 2.24) is 5.32 Å². The van der Waals surface area contributed by atoms with Crippen molar-refractivity contribution in [3.8, 4) is 0 Å². The van der Waals surface area contributed by atoms with Gasteiger partial charge in [0, 0.05) is 5.54 Å². The Kier molecular flexibility index (Phi) is 5.47.